The lowest BCUT2D eigenvalue weighted by molar-refractivity contribution is 0.250. The maximum atomic E-state index is 5.44. The largest absolute Gasteiger partial charge is 0.478 e. The molecule has 1 fully saturated rings. The van der Waals surface area contributed by atoms with Crippen molar-refractivity contribution in [1.29, 1.82) is 0 Å². The number of hydrogen-bond acceptors (Lipinski definition) is 4. The summed E-state index contributed by atoms with van der Waals surface area (Å²) in [5.41, 5.74) is 0.412. The fourth-order valence-electron chi connectivity index (χ4n) is 2.53. The summed E-state index contributed by atoms with van der Waals surface area (Å²) in [5.74, 6) is 1.67. The molecule has 1 aromatic rings. The lowest BCUT2D eigenvalue weighted by Crippen LogP contribution is -2.41. The van der Waals surface area contributed by atoms with Crippen LogP contribution in [0.3, 0.4) is 0 Å². The quantitative estimate of drug-likeness (QED) is 0.822. The van der Waals surface area contributed by atoms with Crippen LogP contribution in [0.2, 0.25) is 0 Å². The van der Waals surface area contributed by atoms with Gasteiger partial charge in [0.1, 0.15) is 12.1 Å². The molecular weight excluding hydrogens is 226 g/mol. The predicted molar refractivity (Wildman–Crippen MR) is 73.0 cm³/mol. The first-order valence-corrected chi connectivity index (χ1v) is 6.86. The third-order valence-corrected chi connectivity index (χ3v) is 3.88. The van der Waals surface area contributed by atoms with Gasteiger partial charge in [0.15, 0.2) is 0 Å². The highest BCUT2D eigenvalue weighted by Gasteiger charge is 2.29. The molecule has 1 unspecified atom stereocenters. The number of aromatic nitrogens is 2. The molecule has 1 aliphatic heterocycles. The van der Waals surface area contributed by atoms with E-state index in [0.717, 1.165) is 18.9 Å². The lowest BCUT2D eigenvalue weighted by atomic mass is 9.80. The number of ether oxygens (including phenoxy) is 1. The summed E-state index contributed by atoms with van der Waals surface area (Å²) in [6, 6.07) is 1.95. The number of piperidine rings is 1. The molecule has 100 valence electrons. The molecule has 0 N–H and O–H groups in total. The van der Waals surface area contributed by atoms with Crippen molar-refractivity contribution in [2.75, 3.05) is 24.6 Å². The summed E-state index contributed by atoms with van der Waals surface area (Å²) < 4.78 is 5.44. The van der Waals surface area contributed by atoms with Crippen molar-refractivity contribution in [3.05, 3.63) is 12.4 Å². The summed E-state index contributed by atoms with van der Waals surface area (Å²) >= 11 is 0. The van der Waals surface area contributed by atoms with E-state index in [-0.39, 0.29) is 0 Å². The van der Waals surface area contributed by atoms with Crippen LogP contribution in [-0.4, -0.2) is 29.7 Å². The van der Waals surface area contributed by atoms with Gasteiger partial charge < -0.3 is 9.64 Å². The van der Waals surface area contributed by atoms with Gasteiger partial charge in [-0.2, -0.15) is 0 Å². The molecule has 2 heterocycles. The first-order chi connectivity index (χ1) is 8.67. The molecule has 0 bridgehead atoms. The summed E-state index contributed by atoms with van der Waals surface area (Å²) in [6.07, 6.45) is 5.35. The maximum Gasteiger partial charge on any atom is 0.218 e. The van der Waals surface area contributed by atoms with Crippen LogP contribution in [0, 0.1) is 5.41 Å². The minimum absolute atomic E-state index is 0.412. The van der Waals surface area contributed by atoms with Gasteiger partial charge in [0.2, 0.25) is 5.88 Å². The maximum absolute atomic E-state index is 5.44. The van der Waals surface area contributed by atoms with E-state index in [0.29, 0.717) is 17.9 Å². The minimum atomic E-state index is 0.412. The van der Waals surface area contributed by atoms with Crippen LogP contribution in [0.5, 0.6) is 5.88 Å². The molecule has 18 heavy (non-hydrogen) atoms. The third kappa shape index (κ3) is 2.92. The van der Waals surface area contributed by atoms with Crippen molar-refractivity contribution in [3.63, 3.8) is 0 Å². The van der Waals surface area contributed by atoms with Crippen molar-refractivity contribution < 1.29 is 4.74 Å². The number of anilines is 1. The molecule has 4 heteroatoms. The Morgan fingerprint density at radius 1 is 1.39 bits per heavy atom. The first-order valence-electron chi connectivity index (χ1n) is 6.86. The molecule has 1 aliphatic rings. The standard InChI is InChI=1S/C14H23N3O/c1-4-14(3)7-6-8-17(10-14)12-9-13(18-5-2)16-11-15-12/h9,11H,4-8,10H2,1-3H3. The Morgan fingerprint density at radius 2 is 2.22 bits per heavy atom. The molecule has 0 aliphatic carbocycles. The van der Waals surface area contributed by atoms with Gasteiger partial charge in [-0.1, -0.05) is 13.8 Å². The van der Waals surface area contributed by atoms with E-state index >= 15 is 0 Å². The highest BCUT2D eigenvalue weighted by Crippen LogP contribution is 2.34. The summed E-state index contributed by atoms with van der Waals surface area (Å²) in [4.78, 5) is 10.9. The van der Waals surface area contributed by atoms with Gasteiger partial charge in [0, 0.05) is 19.2 Å². The molecule has 4 nitrogen and oxygen atoms in total. The molecule has 0 amide bonds. The zero-order valence-electron chi connectivity index (χ0n) is 11.6. The topological polar surface area (TPSA) is 38.2 Å². The minimum Gasteiger partial charge on any atom is -0.478 e. The molecule has 0 radical (unpaired) electrons. The number of rotatable bonds is 4. The Balaban J connectivity index is 2.13. The fourth-order valence-corrected chi connectivity index (χ4v) is 2.53. The Hall–Kier alpha value is -1.32. The second-order valence-electron chi connectivity index (χ2n) is 5.34. The second kappa shape index (κ2) is 5.55. The van der Waals surface area contributed by atoms with E-state index in [1.54, 1.807) is 6.33 Å². The van der Waals surface area contributed by atoms with Gasteiger partial charge in [-0.25, -0.2) is 9.97 Å². The van der Waals surface area contributed by atoms with Gasteiger partial charge >= 0.3 is 0 Å². The molecule has 1 aromatic heterocycles. The summed E-state index contributed by atoms with van der Waals surface area (Å²) in [5, 5.41) is 0. The Kier molecular flexibility index (Phi) is 4.04. The molecule has 1 atom stereocenters. The summed E-state index contributed by atoms with van der Waals surface area (Å²) in [7, 11) is 0. The van der Waals surface area contributed by atoms with Crippen molar-refractivity contribution in [3.8, 4) is 5.88 Å². The van der Waals surface area contributed by atoms with Crippen LogP contribution < -0.4 is 9.64 Å². The predicted octanol–water partition coefficient (Wildman–Crippen LogP) is 2.89. The van der Waals surface area contributed by atoms with E-state index in [2.05, 4.69) is 28.7 Å². The van der Waals surface area contributed by atoms with Gasteiger partial charge in [-0.15, -0.1) is 0 Å². The summed E-state index contributed by atoms with van der Waals surface area (Å²) in [6.45, 7) is 9.41. The first kappa shape index (κ1) is 13.1. The number of hydrogen-bond donors (Lipinski definition) is 0. The van der Waals surface area contributed by atoms with Crippen LogP contribution >= 0.6 is 0 Å². The molecular formula is C14H23N3O. The van der Waals surface area contributed by atoms with E-state index in [1.165, 1.54) is 19.3 Å². The van der Waals surface area contributed by atoms with Crippen LogP contribution in [0.4, 0.5) is 5.82 Å². The molecule has 2 rings (SSSR count). The molecule has 0 saturated carbocycles. The van der Waals surface area contributed by atoms with Crippen molar-refractivity contribution >= 4 is 5.82 Å². The Morgan fingerprint density at radius 3 is 2.94 bits per heavy atom. The van der Waals surface area contributed by atoms with Crippen LogP contribution in [0.15, 0.2) is 12.4 Å². The third-order valence-electron chi connectivity index (χ3n) is 3.88. The molecule has 0 spiro atoms. The SMILES string of the molecule is CCOc1cc(N2CCCC(C)(CC)C2)ncn1. The number of nitrogens with zero attached hydrogens (tertiary/aromatic N) is 3. The zero-order chi connectivity index (χ0) is 13.0. The Bertz CT molecular complexity index is 396. The van der Waals surface area contributed by atoms with Crippen molar-refractivity contribution in [2.45, 2.75) is 40.0 Å². The van der Waals surface area contributed by atoms with E-state index < -0.39 is 0 Å². The molecule has 1 saturated heterocycles. The second-order valence-corrected chi connectivity index (χ2v) is 5.34. The van der Waals surface area contributed by atoms with Gasteiger partial charge in [-0.05, 0) is 31.6 Å². The van der Waals surface area contributed by atoms with Crippen LogP contribution in [0.25, 0.3) is 0 Å². The van der Waals surface area contributed by atoms with E-state index in [1.807, 2.05) is 13.0 Å². The average Bonchev–Trinajstić information content (AvgIpc) is 2.40. The normalized spacial score (nSPS) is 24.1. The van der Waals surface area contributed by atoms with Crippen LogP contribution in [-0.2, 0) is 0 Å². The van der Waals surface area contributed by atoms with Gasteiger partial charge in [0.05, 0.1) is 6.61 Å². The fraction of sp³-hybridized carbons (Fsp3) is 0.714. The van der Waals surface area contributed by atoms with Crippen molar-refractivity contribution in [1.82, 2.24) is 9.97 Å². The monoisotopic (exact) mass is 249 g/mol. The van der Waals surface area contributed by atoms with E-state index in [9.17, 15) is 0 Å². The highest BCUT2D eigenvalue weighted by atomic mass is 16.5. The van der Waals surface area contributed by atoms with Gasteiger partial charge in [0.25, 0.3) is 0 Å². The smallest absolute Gasteiger partial charge is 0.218 e. The Labute approximate surface area is 109 Å². The van der Waals surface area contributed by atoms with Gasteiger partial charge in [-0.3, -0.25) is 0 Å². The van der Waals surface area contributed by atoms with E-state index in [4.69, 9.17) is 4.74 Å². The molecule has 0 aromatic carbocycles. The highest BCUT2D eigenvalue weighted by molar-refractivity contribution is 5.41. The lowest BCUT2D eigenvalue weighted by Gasteiger charge is -2.40. The zero-order valence-corrected chi connectivity index (χ0v) is 11.6. The van der Waals surface area contributed by atoms with Crippen LogP contribution in [0.1, 0.15) is 40.0 Å². The average molecular weight is 249 g/mol. The van der Waals surface area contributed by atoms with Crippen molar-refractivity contribution in [2.24, 2.45) is 5.41 Å².